The zero-order chi connectivity index (χ0) is 20.4. The van der Waals surface area contributed by atoms with E-state index in [2.05, 4.69) is 0 Å². The molecule has 3 aromatic carbocycles. The number of likely N-dealkylation sites (tertiary alicyclic amines) is 1. The third-order valence-corrected chi connectivity index (χ3v) is 6.05. The summed E-state index contributed by atoms with van der Waals surface area (Å²) < 4.78 is 5.20. The van der Waals surface area contributed by atoms with Crippen molar-refractivity contribution in [1.29, 1.82) is 0 Å². The second kappa shape index (κ2) is 8.48. The van der Waals surface area contributed by atoms with Crippen LogP contribution in [0.4, 0.5) is 0 Å². The third kappa shape index (κ3) is 3.98. The highest BCUT2D eigenvalue weighted by Crippen LogP contribution is 2.37. The topological polar surface area (TPSA) is 29.5 Å². The zero-order valence-electron chi connectivity index (χ0n) is 16.1. The van der Waals surface area contributed by atoms with Crippen LogP contribution < -0.4 is 4.74 Å². The van der Waals surface area contributed by atoms with Gasteiger partial charge in [0, 0.05) is 22.7 Å². The summed E-state index contributed by atoms with van der Waals surface area (Å²) in [7, 11) is 1.61. The molecule has 1 fully saturated rings. The summed E-state index contributed by atoms with van der Waals surface area (Å²) >= 11 is 12.8. The highest BCUT2D eigenvalue weighted by Gasteiger charge is 2.31. The number of hydrogen-bond donors (Lipinski definition) is 0. The monoisotopic (exact) mass is 425 g/mol. The van der Waals surface area contributed by atoms with Crippen LogP contribution in [0.2, 0.25) is 10.0 Å². The molecule has 29 heavy (non-hydrogen) atoms. The zero-order valence-corrected chi connectivity index (χ0v) is 17.6. The quantitative estimate of drug-likeness (QED) is 0.468. The molecule has 0 aliphatic carbocycles. The van der Waals surface area contributed by atoms with Crippen LogP contribution in [0.25, 0.3) is 11.1 Å². The van der Waals surface area contributed by atoms with Gasteiger partial charge in [-0.05, 0) is 60.4 Å². The van der Waals surface area contributed by atoms with Crippen molar-refractivity contribution in [2.45, 2.75) is 18.9 Å². The van der Waals surface area contributed by atoms with E-state index in [4.69, 9.17) is 27.9 Å². The number of nitrogens with zero attached hydrogens (tertiary/aromatic N) is 1. The van der Waals surface area contributed by atoms with Gasteiger partial charge in [0.1, 0.15) is 5.75 Å². The molecule has 3 aromatic rings. The first-order valence-corrected chi connectivity index (χ1v) is 10.3. The molecule has 1 aliphatic heterocycles. The Morgan fingerprint density at radius 2 is 1.76 bits per heavy atom. The lowest BCUT2D eigenvalue weighted by molar-refractivity contribution is 0.0736. The molecule has 148 valence electrons. The molecule has 1 saturated heterocycles. The van der Waals surface area contributed by atoms with Crippen molar-refractivity contribution >= 4 is 29.1 Å². The fourth-order valence-electron chi connectivity index (χ4n) is 3.89. The van der Waals surface area contributed by atoms with Crippen molar-refractivity contribution in [3.8, 4) is 16.9 Å². The van der Waals surface area contributed by atoms with Crippen molar-refractivity contribution in [1.82, 2.24) is 4.90 Å². The van der Waals surface area contributed by atoms with Crippen LogP contribution in [-0.2, 0) is 0 Å². The molecule has 1 atom stereocenters. The van der Waals surface area contributed by atoms with Crippen LogP contribution in [0.3, 0.4) is 0 Å². The predicted octanol–water partition coefficient (Wildman–Crippen LogP) is 6.65. The van der Waals surface area contributed by atoms with E-state index in [1.165, 1.54) is 0 Å². The van der Waals surface area contributed by atoms with Crippen molar-refractivity contribution < 1.29 is 9.53 Å². The molecule has 0 N–H and O–H groups in total. The molecular weight excluding hydrogens is 405 g/mol. The number of halogens is 2. The first-order chi connectivity index (χ1) is 14.1. The molecule has 0 bridgehead atoms. The highest BCUT2D eigenvalue weighted by atomic mass is 35.5. The maximum absolute atomic E-state index is 13.2. The first-order valence-electron chi connectivity index (χ1n) is 9.58. The summed E-state index contributed by atoms with van der Waals surface area (Å²) in [6.07, 6.45) is 1.90. The number of rotatable bonds is 4. The summed E-state index contributed by atoms with van der Waals surface area (Å²) in [5.74, 6) is 0.741. The standard InChI is InChI=1S/C24H21Cl2NO2/c1-29-18-12-13-19(22(26)15-18)16-8-10-17(11-9-16)24(28)27-14-4-7-23(27)20-5-2-3-6-21(20)25/h2-3,5-6,8-13,15,23H,4,7,14H2,1H3/t23-/m1/s1. The largest absolute Gasteiger partial charge is 0.497 e. The lowest BCUT2D eigenvalue weighted by Gasteiger charge is -2.26. The second-order valence-electron chi connectivity index (χ2n) is 7.10. The molecule has 5 heteroatoms. The second-order valence-corrected chi connectivity index (χ2v) is 7.92. The smallest absolute Gasteiger partial charge is 0.254 e. The van der Waals surface area contributed by atoms with Crippen molar-refractivity contribution in [2.24, 2.45) is 0 Å². The van der Waals surface area contributed by atoms with E-state index in [1.807, 2.05) is 65.6 Å². The van der Waals surface area contributed by atoms with Crippen LogP contribution in [-0.4, -0.2) is 24.5 Å². The van der Waals surface area contributed by atoms with E-state index in [9.17, 15) is 4.79 Å². The van der Waals surface area contributed by atoms with Gasteiger partial charge in [-0.3, -0.25) is 4.79 Å². The van der Waals surface area contributed by atoms with Crippen LogP contribution >= 0.6 is 23.2 Å². The molecule has 0 spiro atoms. The fourth-order valence-corrected chi connectivity index (χ4v) is 4.43. The molecular formula is C24H21Cl2NO2. The van der Waals surface area contributed by atoms with Crippen LogP contribution in [0.15, 0.2) is 66.7 Å². The van der Waals surface area contributed by atoms with Gasteiger partial charge < -0.3 is 9.64 Å². The third-order valence-electron chi connectivity index (χ3n) is 5.40. The Hall–Kier alpha value is -2.49. The van der Waals surface area contributed by atoms with Gasteiger partial charge in [-0.25, -0.2) is 0 Å². The maximum Gasteiger partial charge on any atom is 0.254 e. The highest BCUT2D eigenvalue weighted by molar-refractivity contribution is 6.33. The Morgan fingerprint density at radius 1 is 1.00 bits per heavy atom. The summed E-state index contributed by atoms with van der Waals surface area (Å²) in [5.41, 5.74) is 3.54. The van der Waals surface area contributed by atoms with Gasteiger partial charge in [0.05, 0.1) is 18.2 Å². The van der Waals surface area contributed by atoms with Gasteiger partial charge in [-0.1, -0.05) is 53.5 Å². The van der Waals surface area contributed by atoms with E-state index in [-0.39, 0.29) is 11.9 Å². The lowest BCUT2D eigenvalue weighted by atomic mass is 10.0. The number of carbonyl (C=O) groups is 1. The minimum absolute atomic E-state index is 0.0203. The number of ether oxygens (including phenoxy) is 1. The molecule has 0 unspecified atom stereocenters. The Kier molecular flexibility index (Phi) is 5.79. The van der Waals surface area contributed by atoms with Gasteiger partial charge in [0.2, 0.25) is 0 Å². The number of benzene rings is 3. The summed E-state index contributed by atoms with van der Waals surface area (Å²) in [4.78, 5) is 15.1. The molecule has 0 aromatic heterocycles. The average molecular weight is 426 g/mol. The van der Waals surface area contributed by atoms with Crippen molar-refractivity contribution in [2.75, 3.05) is 13.7 Å². The van der Waals surface area contributed by atoms with E-state index in [0.717, 1.165) is 36.1 Å². The molecule has 1 amide bonds. The van der Waals surface area contributed by atoms with Gasteiger partial charge in [-0.2, -0.15) is 0 Å². The SMILES string of the molecule is COc1ccc(-c2ccc(C(=O)N3CCC[C@@H]3c3ccccc3Cl)cc2)c(Cl)c1. The lowest BCUT2D eigenvalue weighted by Crippen LogP contribution is -2.30. The Morgan fingerprint density at radius 3 is 2.45 bits per heavy atom. The summed E-state index contributed by atoms with van der Waals surface area (Å²) in [6, 6.07) is 21.0. The minimum Gasteiger partial charge on any atom is -0.497 e. The molecule has 1 aliphatic rings. The van der Waals surface area contributed by atoms with E-state index in [0.29, 0.717) is 21.4 Å². The maximum atomic E-state index is 13.2. The Balaban J connectivity index is 1.57. The number of amides is 1. The van der Waals surface area contributed by atoms with Gasteiger partial charge >= 0.3 is 0 Å². The number of hydrogen-bond acceptors (Lipinski definition) is 2. The normalized spacial score (nSPS) is 16.1. The van der Waals surface area contributed by atoms with Crippen LogP contribution in [0.5, 0.6) is 5.75 Å². The molecule has 4 rings (SSSR count). The molecule has 0 saturated carbocycles. The van der Waals surface area contributed by atoms with Crippen LogP contribution in [0.1, 0.15) is 34.8 Å². The average Bonchev–Trinajstić information content (AvgIpc) is 3.23. The summed E-state index contributed by atoms with van der Waals surface area (Å²) in [5, 5.41) is 1.32. The van der Waals surface area contributed by atoms with E-state index in [1.54, 1.807) is 13.2 Å². The number of methoxy groups -OCH3 is 1. The molecule has 3 nitrogen and oxygen atoms in total. The minimum atomic E-state index is 0.0203. The Bertz CT molecular complexity index is 1030. The number of carbonyl (C=O) groups excluding carboxylic acids is 1. The molecule has 1 heterocycles. The van der Waals surface area contributed by atoms with Crippen LogP contribution in [0, 0.1) is 0 Å². The van der Waals surface area contributed by atoms with Crippen molar-refractivity contribution in [3.63, 3.8) is 0 Å². The van der Waals surface area contributed by atoms with Gasteiger partial charge in [0.15, 0.2) is 0 Å². The Labute approximate surface area is 180 Å². The fraction of sp³-hybridized carbons (Fsp3) is 0.208. The van der Waals surface area contributed by atoms with Gasteiger partial charge in [0.25, 0.3) is 5.91 Å². The van der Waals surface area contributed by atoms with E-state index < -0.39 is 0 Å². The predicted molar refractivity (Wildman–Crippen MR) is 118 cm³/mol. The molecule has 0 radical (unpaired) electrons. The first kappa shape index (κ1) is 19.8. The van der Waals surface area contributed by atoms with E-state index >= 15 is 0 Å². The van der Waals surface area contributed by atoms with Crippen molar-refractivity contribution in [3.05, 3.63) is 87.9 Å². The summed E-state index contributed by atoms with van der Waals surface area (Å²) in [6.45, 7) is 0.737. The van der Waals surface area contributed by atoms with Gasteiger partial charge in [-0.15, -0.1) is 0 Å².